The van der Waals surface area contributed by atoms with E-state index in [4.69, 9.17) is 23.2 Å². The Morgan fingerprint density at radius 1 is 1.38 bits per heavy atom. The van der Waals surface area contributed by atoms with Gasteiger partial charge in [-0.3, -0.25) is 9.59 Å². The van der Waals surface area contributed by atoms with Crippen LogP contribution in [0.1, 0.15) is 39.5 Å². The number of carbonyl (C=O) groups is 2. The van der Waals surface area contributed by atoms with Gasteiger partial charge in [-0.15, -0.1) is 23.2 Å². The molecule has 0 saturated heterocycles. The Morgan fingerprint density at radius 3 is 2.66 bits per heavy atom. The Bertz CT molecular complexity index is 862. The van der Waals surface area contributed by atoms with Gasteiger partial charge in [0.1, 0.15) is 18.4 Å². The number of allylic oxidation sites excluding steroid dienone is 4. The smallest absolute Gasteiger partial charge is 0.192 e. The third kappa shape index (κ3) is 2.50. The van der Waals surface area contributed by atoms with Gasteiger partial charge in [-0.25, -0.2) is 4.39 Å². The summed E-state index contributed by atoms with van der Waals surface area (Å²) in [4.78, 5) is 23.6. The van der Waals surface area contributed by atoms with E-state index < -0.39 is 51.2 Å². The van der Waals surface area contributed by atoms with Gasteiger partial charge in [0, 0.05) is 10.8 Å². The SMILES string of the molecule is C[C@]12C=C(Br)C(=O)C=C1[C@H](F)C[C@H]1[C@@H]3CC[C@@](O)(C(=O)CO)[C@@]3(C)C[C@H](Cl)[C@@]12Cl. The van der Waals surface area contributed by atoms with Crippen molar-refractivity contribution in [3.05, 3.63) is 22.2 Å². The summed E-state index contributed by atoms with van der Waals surface area (Å²) >= 11 is 17.5. The maximum Gasteiger partial charge on any atom is 0.192 e. The van der Waals surface area contributed by atoms with E-state index in [9.17, 15) is 19.8 Å². The molecule has 3 fully saturated rings. The fourth-order valence-electron chi connectivity index (χ4n) is 6.79. The molecule has 0 heterocycles. The molecule has 4 nitrogen and oxygen atoms in total. The standard InChI is InChI=1S/C21H24BrCl2FO4/c1-18-8-16(23)21(24)11(10(18)3-4-20(18,29)17(28)9-26)5-14(25)12-6-15(27)13(22)7-19(12,21)2/h6-7,10-11,14,16,26,29H,3-5,8-9H2,1-2H3/t10-,11-,14+,16-,18-,19-,20+,21-/m0/s1. The van der Waals surface area contributed by atoms with E-state index in [0.717, 1.165) is 0 Å². The first-order chi connectivity index (χ1) is 13.4. The number of hydrogen-bond donors (Lipinski definition) is 2. The molecule has 0 unspecified atom stereocenters. The molecule has 3 saturated carbocycles. The van der Waals surface area contributed by atoms with Crippen molar-refractivity contribution in [3.8, 4) is 0 Å². The van der Waals surface area contributed by atoms with Crippen LogP contribution in [0.15, 0.2) is 22.2 Å². The van der Waals surface area contributed by atoms with Gasteiger partial charge < -0.3 is 10.2 Å². The lowest BCUT2D eigenvalue weighted by atomic mass is 9.46. The van der Waals surface area contributed by atoms with E-state index in [1.165, 1.54) is 6.08 Å². The minimum Gasteiger partial charge on any atom is -0.388 e. The van der Waals surface area contributed by atoms with Crippen molar-refractivity contribution in [1.29, 1.82) is 0 Å². The second kappa shape index (κ2) is 6.61. The number of halogens is 4. The Hall–Kier alpha value is -0.270. The van der Waals surface area contributed by atoms with E-state index in [1.54, 1.807) is 13.0 Å². The van der Waals surface area contributed by atoms with E-state index in [0.29, 0.717) is 16.5 Å². The molecule has 0 radical (unpaired) electrons. The zero-order valence-corrected chi connectivity index (χ0v) is 19.3. The summed E-state index contributed by atoms with van der Waals surface area (Å²) in [6.45, 7) is 2.87. The molecule has 4 aliphatic rings. The van der Waals surface area contributed by atoms with Crippen LogP contribution in [0.5, 0.6) is 0 Å². The number of ketones is 2. The van der Waals surface area contributed by atoms with Crippen LogP contribution >= 0.6 is 39.1 Å². The molecule has 160 valence electrons. The molecule has 0 aliphatic heterocycles. The highest BCUT2D eigenvalue weighted by Gasteiger charge is 2.74. The predicted molar refractivity (Wildman–Crippen MR) is 112 cm³/mol. The Labute approximate surface area is 187 Å². The summed E-state index contributed by atoms with van der Waals surface area (Å²) in [6.07, 6.45) is 2.65. The largest absolute Gasteiger partial charge is 0.388 e. The summed E-state index contributed by atoms with van der Waals surface area (Å²) < 4.78 is 15.7. The highest BCUT2D eigenvalue weighted by atomic mass is 79.9. The zero-order valence-electron chi connectivity index (χ0n) is 16.2. The number of alkyl halides is 3. The van der Waals surface area contributed by atoms with Gasteiger partial charge in [0.2, 0.25) is 0 Å². The van der Waals surface area contributed by atoms with Crippen molar-refractivity contribution < 1.29 is 24.2 Å². The third-order valence-corrected chi connectivity index (χ3v) is 10.6. The molecule has 8 atom stereocenters. The summed E-state index contributed by atoms with van der Waals surface area (Å²) in [6, 6.07) is 0. The summed E-state index contributed by atoms with van der Waals surface area (Å²) in [5.74, 6) is -1.57. The first-order valence-corrected chi connectivity index (χ1v) is 11.5. The van der Waals surface area contributed by atoms with Gasteiger partial charge >= 0.3 is 0 Å². The Morgan fingerprint density at radius 2 is 2.03 bits per heavy atom. The molecule has 8 heteroatoms. The van der Waals surface area contributed by atoms with Crippen LogP contribution in [0, 0.1) is 22.7 Å². The molecule has 0 aromatic carbocycles. The lowest BCUT2D eigenvalue weighted by Crippen LogP contribution is -2.68. The van der Waals surface area contributed by atoms with E-state index in [-0.39, 0.29) is 31.0 Å². The second-order valence-corrected chi connectivity index (χ2v) is 11.4. The highest BCUT2D eigenvalue weighted by Crippen LogP contribution is 2.71. The molecular formula is C21H24BrCl2FO4. The fraction of sp³-hybridized carbons (Fsp3) is 0.714. The van der Waals surface area contributed by atoms with Gasteiger partial charge in [-0.1, -0.05) is 19.9 Å². The summed E-state index contributed by atoms with van der Waals surface area (Å²) in [7, 11) is 0. The number of Topliss-reactive ketones (excluding diaryl/α,β-unsaturated/α-hetero) is 1. The normalized spacial score (nSPS) is 51.5. The van der Waals surface area contributed by atoms with Gasteiger partial charge in [0.05, 0.1) is 14.7 Å². The molecule has 0 spiro atoms. The van der Waals surface area contributed by atoms with Crippen molar-refractivity contribution in [2.24, 2.45) is 22.7 Å². The van der Waals surface area contributed by atoms with Crippen LogP contribution in [0.2, 0.25) is 0 Å². The molecule has 29 heavy (non-hydrogen) atoms. The van der Waals surface area contributed by atoms with Crippen molar-refractivity contribution in [2.45, 2.75) is 61.6 Å². The number of fused-ring (bicyclic) bond motifs is 5. The molecule has 0 aromatic rings. The van der Waals surface area contributed by atoms with Crippen LogP contribution < -0.4 is 0 Å². The van der Waals surface area contributed by atoms with Crippen molar-refractivity contribution in [2.75, 3.05) is 6.61 Å². The number of rotatable bonds is 2. The monoisotopic (exact) mass is 508 g/mol. The van der Waals surface area contributed by atoms with Crippen LogP contribution in [-0.2, 0) is 9.59 Å². The number of aliphatic hydroxyl groups is 2. The lowest BCUT2D eigenvalue weighted by Gasteiger charge is -2.64. The number of carbonyl (C=O) groups excluding carboxylic acids is 2. The van der Waals surface area contributed by atoms with Gasteiger partial charge in [0.15, 0.2) is 11.6 Å². The third-order valence-electron chi connectivity index (χ3n) is 8.40. The zero-order chi connectivity index (χ0) is 21.6. The van der Waals surface area contributed by atoms with Gasteiger partial charge in [-0.2, -0.15) is 0 Å². The topological polar surface area (TPSA) is 74.6 Å². The molecule has 0 bridgehead atoms. The maximum absolute atomic E-state index is 15.4. The van der Waals surface area contributed by atoms with Gasteiger partial charge in [0.25, 0.3) is 0 Å². The van der Waals surface area contributed by atoms with Crippen molar-refractivity contribution in [1.82, 2.24) is 0 Å². The molecule has 4 aliphatic carbocycles. The summed E-state index contributed by atoms with van der Waals surface area (Å²) in [5, 5.41) is 20.0. The average Bonchev–Trinajstić information content (AvgIpc) is 2.91. The van der Waals surface area contributed by atoms with Crippen LogP contribution in [0.4, 0.5) is 4.39 Å². The second-order valence-electron chi connectivity index (χ2n) is 9.41. The van der Waals surface area contributed by atoms with Crippen molar-refractivity contribution in [3.63, 3.8) is 0 Å². The Balaban J connectivity index is 1.86. The molecule has 4 rings (SSSR count). The van der Waals surface area contributed by atoms with Crippen LogP contribution in [0.3, 0.4) is 0 Å². The quantitative estimate of drug-likeness (QED) is 0.554. The fourth-order valence-corrected chi connectivity index (χ4v) is 8.55. The minimum absolute atomic E-state index is 0.0799. The van der Waals surface area contributed by atoms with Gasteiger partial charge in [-0.05, 0) is 65.1 Å². The highest BCUT2D eigenvalue weighted by molar-refractivity contribution is 9.12. The number of hydrogen-bond acceptors (Lipinski definition) is 4. The van der Waals surface area contributed by atoms with Crippen LogP contribution in [-0.4, -0.2) is 50.4 Å². The molecule has 0 amide bonds. The Kier molecular flexibility index (Phi) is 5.00. The predicted octanol–water partition coefficient (Wildman–Crippen LogP) is 3.84. The molecule has 2 N–H and O–H groups in total. The van der Waals surface area contributed by atoms with E-state index in [2.05, 4.69) is 15.9 Å². The van der Waals surface area contributed by atoms with Crippen LogP contribution in [0.25, 0.3) is 0 Å². The van der Waals surface area contributed by atoms with E-state index >= 15 is 4.39 Å². The molecular weight excluding hydrogens is 486 g/mol. The maximum atomic E-state index is 15.4. The first-order valence-electron chi connectivity index (χ1n) is 9.85. The number of aliphatic hydroxyl groups excluding tert-OH is 1. The lowest BCUT2D eigenvalue weighted by molar-refractivity contribution is -0.162. The van der Waals surface area contributed by atoms with E-state index in [1.807, 2.05) is 6.92 Å². The first kappa shape index (κ1) is 21.9. The summed E-state index contributed by atoms with van der Waals surface area (Å²) in [5.41, 5.74) is -3.27. The van der Waals surface area contributed by atoms with Crippen molar-refractivity contribution >= 4 is 50.7 Å². The minimum atomic E-state index is -1.71. The average molecular weight is 510 g/mol. The molecule has 0 aromatic heterocycles.